The van der Waals surface area contributed by atoms with Crippen LogP contribution in [0.1, 0.15) is 134 Å². The Morgan fingerprint density at radius 2 is 0.744 bits per heavy atom. The molecule has 0 bridgehead atoms. The standard InChI is InChI=1S/C25H28N6O3S2.C23H27N7O3S.C22H26ClN5O3S.C20H25N7O3S/c1-5-34-36(26,33)19-13-11-18(12-14-19)31-22(15-21(30-31)25(2,3)4)28-23(32)29-24-27-20(16-35-24)17-9-7-6-8-10-17;1-5-33-34(24,32)16-12-10-15(11-13-16)30-20(14-19(29-30)23(2,3)4)27-22(31)28-21-25-17-8-6-7-9-18(17)26-21;1-5-31-32(24,30)18-12-10-17(11-13-18)28-20(14-19(27-28)22(2,3)4)26-21(29)25-16-8-6-15(23)7-9-16;1-5-30-31(21,29)15-8-6-14(7-9-15)27-18(12-16(26-27)20(2,3)4)25-19(28)24-17-10-11-22-13-23-17/h6-16,26H,5H2,1-4H3,(H2,27,28,29,32);6-14,24H,5H2,1-4H3,(H3,25,26,27,28,31);6-14,24H,5H2,1-4H3,(H2,25,26,29);6-13,21H,5H2,1-4H3,(H2,22,23,24,25,28). The van der Waals surface area contributed by atoms with E-state index in [1.54, 1.807) is 186 Å². The van der Waals surface area contributed by atoms with Crippen molar-refractivity contribution in [2.75, 3.05) is 69.0 Å². The summed E-state index contributed by atoms with van der Waals surface area (Å²) in [6, 6.07) is 57.0. The molecule has 43 heteroatoms. The Labute approximate surface area is 781 Å². The highest BCUT2D eigenvalue weighted by molar-refractivity contribution is 7.88. The van der Waals surface area contributed by atoms with E-state index in [4.69, 9.17) is 52.6 Å². The van der Waals surface area contributed by atoms with E-state index in [-0.39, 0.29) is 67.7 Å². The minimum atomic E-state index is -3.32. The Morgan fingerprint density at radius 1 is 0.406 bits per heavy atom. The quantitative estimate of drug-likeness (QED) is 0.0253. The van der Waals surface area contributed by atoms with Crippen LogP contribution >= 0.6 is 22.9 Å². The van der Waals surface area contributed by atoms with E-state index in [1.165, 1.54) is 23.9 Å². The summed E-state index contributed by atoms with van der Waals surface area (Å²) in [6.45, 7) is 31.8. The molecule has 0 radical (unpaired) electrons. The number of rotatable bonds is 25. The molecule has 14 aromatic rings. The number of H-pyrrole nitrogens is 1. The van der Waals surface area contributed by atoms with Gasteiger partial charge in [0.25, 0.3) is 0 Å². The van der Waals surface area contributed by atoms with Crippen molar-refractivity contribution in [1.82, 2.24) is 64.0 Å². The van der Waals surface area contributed by atoms with Gasteiger partial charge < -0.3 is 10.3 Å². The molecule has 7 aromatic carbocycles. The van der Waals surface area contributed by atoms with Gasteiger partial charge >= 0.3 is 24.1 Å². The van der Waals surface area contributed by atoms with Gasteiger partial charge in [-0.05, 0) is 167 Å². The number of benzene rings is 7. The summed E-state index contributed by atoms with van der Waals surface area (Å²) in [4.78, 5) is 71.4. The van der Waals surface area contributed by atoms with E-state index in [2.05, 4.69) is 82.8 Å². The molecule has 700 valence electrons. The first-order chi connectivity index (χ1) is 62.7. The normalized spacial score (nSPS) is 13.4. The summed E-state index contributed by atoms with van der Waals surface area (Å²) >= 11 is 7.23. The number of hydrogen-bond donors (Lipinski definition) is 13. The zero-order chi connectivity index (χ0) is 96.6. The number of halogens is 1. The van der Waals surface area contributed by atoms with Crippen LogP contribution in [0, 0.1) is 19.1 Å². The summed E-state index contributed by atoms with van der Waals surface area (Å²) in [5.41, 5.74) is 8.52. The third-order valence-corrected chi connectivity index (χ3v) is 25.8. The van der Waals surface area contributed by atoms with Gasteiger partial charge in [0.2, 0.25) is 5.95 Å². The predicted molar refractivity (Wildman–Crippen MR) is 520 cm³/mol. The summed E-state index contributed by atoms with van der Waals surface area (Å²) < 4.78 is 108. The van der Waals surface area contributed by atoms with Gasteiger partial charge in [-0.15, -0.1) is 11.3 Å². The van der Waals surface area contributed by atoms with Crippen LogP contribution in [0.5, 0.6) is 0 Å². The van der Waals surface area contributed by atoms with E-state index in [9.17, 15) is 36.0 Å². The van der Waals surface area contributed by atoms with Crippen LogP contribution in [-0.2, 0) is 78.4 Å². The first-order valence-electron chi connectivity index (χ1n) is 41.6. The maximum absolute atomic E-state index is 12.9. The number of aromatic amines is 1. The Balaban J connectivity index is 0.000000171. The number of carbonyl (C=O) groups is 4. The van der Waals surface area contributed by atoms with E-state index >= 15 is 0 Å². The molecule has 0 saturated heterocycles. The van der Waals surface area contributed by atoms with Crippen LogP contribution in [0.3, 0.4) is 0 Å². The van der Waals surface area contributed by atoms with Crippen molar-refractivity contribution in [3.05, 3.63) is 252 Å². The Morgan fingerprint density at radius 3 is 1.08 bits per heavy atom. The van der Waals surface area contributed by atoms with Crippen molar-refractivity contribution in [2.24, 2.45) is 0 Å². The second kappa shape index (κ2) is 42.4. The van der Waals surface area contributed by atoms with Crippen molar-refractivity contribution in [3.63, 3.8) is 0 Å². The molecule has 13 N–H and O–H groups in total. The van der Waals surface area contributed by atoms with Gasteiger partial charge in [0.1, 0.15) is 35.4 Å². The Hall–Kier alpha value is -13.4. The number of imidazole rings is 1. The topological polar surface area (TPSA) is 504 Å². The second-order valence-corrected chi connectivity index (χ2v) is 41.5. The van der Waals surface area contributed by atoms with Gasteiger partial charge in [-0.1, -0.05) is 137 Å². The lowest BCUT2D eigenvalue weighted by atomic mass is 9.92. The van der Waals surface area contributed by atoms with E-state index in [0.717, 1.165) is 45.1 Å². The van der Waals surface area contributed by atoms with Crippen molar-refractivity contribution >= 4 is 144 Å². The summed E-state index contributed by atoms with van der Waals surface area (Å²) in [7, 11) is -13.3. The highest BCUT2D eigenvalue weighted by Crippen LogP contribution is 2.35. The number of thiazole rings is 1. The van der Waals surface area contributed by atoms with Crippen LogP contribution in [0.4, 0.5) is 65.0 Å². The van der Waals surface area contributed by atoms with Gasteiger partial charge in [-0.25, -0.2) is 93.8 Å². The highest BCUT2D eigenvalue weighted by Gasteiger charge is 2.29. The number of amides is 8. The number of hydrogen-bond acceptors (Lipinski definition) is 25. The number of fused-ring (bicyclic) bond motifs is 1. The molecule has 7 aromatic heterocycles. The molecule has 0 aliphatic heterocycles. The molecule has 14 rings (SSSR count). The summed E-state index contributed by atoms with van der Waals surface area (Å²) in [5.74, 6) is 2.50. The molecular formula is C90H106ClN25O12S5. The molecule has 7 heterocycles. The van der Waals surface area contributed by atoms with Crippen LogP contribution in [-0.4, -0.2) is 131 Å². The lowest BCUT2D eigenvalue weighted by molar-refractivity contribution is 0.261. The minimum absolute atomic E-state index is 0.173. The number of para-hydroxylation sites is 2. The molecule has 8 amide bonds. The maximum Gasteiger partial charge on any atom is 0.327 e. The van der Waals surface area contributed by atoms with Crippen LogP contribution in [0.25, 0.3) is 45.0 Å². The molecular weight excluding hydrogens is 1820 g/mol. The van der Waals surface area contributed by atoms with Gasteiger partial charge in [-0.2, -0.15) is 20.4 Å². The highest BCUT2D eigenvalue weighted by atomic mass is 35.5. The van der Waals surface area contributed by atoms with E-state index in [0.29, 0.717) is 73.6 Å². The number of carbonyl (C=O) groups excluding carboxylic acids is 4. The molecule has 4 atom stereocenters. The van der Waals surface area contributed by atoms with Crippen molar-refractivity contribution < 1.29 is 52.7 Å². The van der Waals surface area contributed by atoms with Crippen molar-refractivity contribution in [3.8, 4) is 34.0 Å². The molecule has 133 heavy (non-hydrogen) atoms. The number of aromatic nitrogens is 13. The Kier molecular flexibility index (Phi) is 31.9. The first kappa shape index (κ1) is 100. The van der Waals surface area contributed by atoms with Gasteiger partial charge in [0.15, 0.2) is 45.2 Å². The molecule has 37 nitrogen and oxygen atoms in total. The van der Waals surface area contributed by atoms with Gasteiger partial charge in [0, 0.05) is 73.8 Å². The SMILES string of the molecule is CCOS(=N)(=O)c1ccc(-n2nc(C(C)(C)C)cc2NC(=O)Nc2ccc(Cl)cc2)cc1.CCOS(=N)(=O)c1ccc(-n2nc(C(C)(C)C)cc2NC(=O)Nc2ccncn2)cc1.CCOS(=N)(=O)c1ccc(-n2nc(C(C)(C)C)cc2NC(=O)Nc2nc(-c3ccccc3)cs2)cc1.CCOS(=N)(=O)c1ccc(-n2nc(C(C)(C)C)cc2NC(=O)Nc2nc3ccccc3[nH]2)cc1. The fourth-order valence-corrected chi connectivity index (χ4v) is 16.9. The lowest BCUT2D eigenvalue weighted by Crippen LogP contribution is -2.22. The molecule has 4 unspecified atom stereocenters. The third-order valence-electron chi connectivity index (χ3n) is 18.9. The van der Waals surface area contributed by atoms with E-state index < -0.39 is 64.2 Å². The number of nitrogens with one attached hydrogen (secondary N) is 13. The lowest BCUT2D eigenvalue weighted by Gasteiger charge is -2.14. The van der Waals surface area contributed by atoms with Gasteiger partial charge in [0.05, 0.1) is 108 Å². The van der Waals surface area contributed by atoms with Crippen LogP contribution in [0.15, 0.2) is 244 Å². The van der Waals surface area contributed by atoms with E-state index in [1.807, 2.05) is 155 Å². The Bertz CT molecular complexity index is 6860. The maximum atomic E-state index is 12.9. The molecule has 0 fully saturated rings. The summed E-state index contributed by atoms with van der Waals surface area (Å²) in [5, 5.41) is 43.8. The van der Waals surface area contributed by atoms with Crippen LogP contribution in [0.2, 0.25) is 5.02 Å². The summed E-state index contributed by atoms with van der Waals surface area (Å²) in [6.07, 6.45) is 2.87. The molecule has 0 saturated carbocycles. The number of urea groups is 4. The van der Waals surface area contributed by atoms with Crippen molar-refractivity contribution in [1.29, 1.82) is 19.1 Å². The van der Waals surface area contributed by atoms with Crippen LogP contribution < -0.4 is 42.5 Å². The molecule has 0 spiro atoms. The molecule has 0 aliphatic rings. The van der Waals surface area contributed by atoms with Gasteiger partial charge in [-0.3, -0.25) is 53.9 Å². The average molecular weight is 1930 g/mol. The minimum Gasteiger partial charge on any atom is -0.324 e. The zero-order valence-corrected chi connectivity index (χ0v) is 80.7. The smallest absolute Gasteiger partial charge is 0.324 e. The molecule has 0 aliphatic carbocycles. The largest absolute Gasteiger partial charge is 0.327 e. The second-order valence-electron chi connectivity index (χ2n) is 33.3. The first-order valence-corrected chi connectivity index (χ1v) is 48.8. The average Bonchev–Trinajstić information content (AvgIpc) is 1.67. The number of nitrogens with zero attached hydrogens (tertiary/aromatic N) is 12. The predicted octanol–water partition coefficient (Wildman–Crippen LogP) is 21.1. The zero-order valence-electron chi connectivity index (χ0n) is 75.9. The fraction of sp³-hybridized carbons (Fsp3) is 0.267. The number of anilines is 8. The monoisotopic (exact) mass is 1920 g/mol. The third kappa shape index (κ3) is 26.9. The fourth-order valence-electron chi connectivity index (χ4n) is 12.2. The van der Waals surface area contributed by atoms with Crippen molar-refractivity contribution in [2.45, 2.75) is 152 Å².